The highest BCUT2D eigenvalue weighted by atomic mass is 32.2. The molecule has 3 rings (SSSR count). The van der Waals surface area contributed by atoms with Crippen LogP contribution >= 0.6 is 0 Å². The van der Waals surface area contributed by atoms with Gasteiger partial charge in [0.25, 0.3) is 5.91 Å². The third-order valence-corrected chi connectivity index (χ3v) is 6.99. The van der Waals surface area contributed by atoms with E-state index in [0.29, 0.717) is 18.8 Å². The Morgan fingerprint density at radius 3 is 2.54 bits per heavy atom. The lowest BCUT2D eigenvalue weighted by Crippen LogP contribution is -2.28. The standard InChI is InChI=1S/C21H26N2O4S/c1-4-16-9-7-8-15(2)20(16)22-21(24)18-14-17(10-11-19(18)27-3)28(25,26)23-12-5-6-13-23/h7-11,14H,4-6,12-13H2,1-3H3,(H,22,24). The molecule has 1 saturated heterocycles. The molecule has 1 fully saturated rings. The number of hydrogen-bond acceptors (Lipinski definition) is 4. The van der Waals surface area contributed by atoms with Crippen LogP contribution in [0.4, 0.5) is 5.69 Å². The highest BCUT2D eigenvalue weighted by Crippen LogP contribution is 2.28. The van der Waals surface area contributed by atoms with E-state index in [9.17, 15) is 13.2 Å². The van der Waals surface area contributed by atoms with E-state index in [1.54, 1.807) is 0 Å². The molecular formula is C21H26N2O4S. The molecule has 1 aliphatic rings. The van der Waals surface area contributed by atoms with Crippen molar-refractivity contribution in [3.05, 3.63) is 53.1 Å². The molecule has 2 aromatic carbocycles. The third-order valence-electron chi connectivity index (χ3n) is 5.10. The van der Waals surface area contributed by atoms with Crippen LogP contribution in [0.15, 0.2) is 41.3 Å². The van der Waals surface area contributed by atoms with Crippen LogP contribution in [0.1, 0.15) is 41.3 Å². The average Bonchev–Trinajstić information content (AvgIpc) is 3.24. The van der Waals surface area contributed by atoms with E-state index in [1.165, 1.54) is 29.6 Å². The summed E-state index contributed by atoms with van der Waals surface area (Å²) in [6.45, 7) is 4.98. The van der Waals surface area contributed by atoms with E-state index in [0.717, 1.165) is 36.1 Å². The second-order valence-corrected chi connectivity index (χ2v) is 8.83. The normalized spacial score (nSPS) is 14.8. The van der Waals surface area contributed by atoms with Crippen LogP contribution in [-0.4, -0.2) is 38.8 Å². The van der Waals surface area contributed by atoms with Gasteiger partial charge >= 0.3 is 0 Å². The Morgan fingerprint density at radius 2 is 1.89 bits per heavy atom. The number of anilines is 1. The van der Waals surface area contributed by atoms with Gasteiger partial charge in [0.05, 0.1) is 17.6 Å². The molecule has 1 heterocycles. The summed E-state index contributed by atoms with van der Waals surface area (Å²) in [6, 6.07) is 10.3. The Balaban J connectivity index is 1.98. The Morgan fingerprint density at radius 1 is 1.18 bits per heavy atom. The molecule has 0 aliphatic carbocycles. The highest BCUT2D eigenvalue weighted by molar-refractivity contribution is 7.89. The van der Waals surface area contributed by atoms with Crippen molar-refractivity contribution in [3.8, 4) is 5.75 Å². The first-order valence-electron chi connectivity index (χ1n) is 9.46. The molecule has 6 nitrogen and oxygen atoms in total. The molecule has 2 aromatic rings. The number of para-hydroxylation sites is 1. The summed E-state index contributed by atoms with van der Waals surface area (Å²) in [5.41, 5.74) is 2.93. The quantitative estimate of drug-likeness (QED) is 0.801. The molecule has 0 atom stereocenters. The molecule has 0 aromatic heterocycles. The van der Waals surface area contributed by atoms with E-state index in [2.05, 4.69) is 5.32 Å². The van der Waals surface area contributed by atoms with Crippen molar-refractivity contribution in [3.63, 3.8) is 0 Å². The predicted octanol–water partition coefficient (Wildman–Crippen LogP) is 3.60. The van der Waals surface area contributed by atoms with E-state index >= 15 is 0 Å². The van der Waals surface area contributed by atoms with Crippen LogP contribution < -0.4 is 10.1 Å². The fraction of sp³-hybridized carbons (Fsp3) is 0.381. The Labute approximate surface area is 166 Å². The number of rotatable bonds is 6. The molecule has 1 aliphatic heterocycles. The van der Waals surface area contributed by atoms with Crippen molar-refractivity contribution in [1.82, 2.24) is 4.31 Å². The zero-order valence-corrected chi connectivity index (χ0v) is 17.3. The second-order valence-electron chi connectivity index (χ2n) is 6.89. The Hall–Kier alpha value is -2.38. The molecule has 1 amide bonds. The minimum Gasteiger partial charge on any atom is -0.496 e. The van der Waals surface area contributed by atoms with Gasteiger partial charge in [-0.1, -0.05) is 25.1 Å². The van der Waals surface area contributed by atoms with Gasteiger partial charge in [-0.25, -0.2) is 8.42 Å². The first-order valence-corrected chi connectivity index (χ1v) is 10.9. The lowest BCUT2D eigenvalue weighted by molar-refractivity contribution is 0.102. The van der Waals surface area contributed by atoms with Crippen molar-refractivity contribution < 1.29 is 17.9 Å². The smallest absolute Gasteiger partial charge is 0.259 e. The zero-order valence-electron chi connectivity index (χ0n) is 16.5. The van der Waals surface area contributed by atoms with Crippen molar-refractivity contribution in [2.45, 2.75) is 38.0 Å². The summed E-state index contributed by atoms with van der Waals surface area (Å²) in [5, 5.41) is 2.94. The van der Waals surface area contributed by atoms with Crippen LogP contribution in [0.25, 0.3) is 0 Å². The van der Waals surface area contributed by atoms with E-state index in [-0.39, 0.29) is 16.4 Å². The number of ether oxygens (including phenoxy) is 1. The zero-order chi connectivity index (χ0) is 20.3. The number of nitrogens with one attached hydrogen (secondary N) is 1. The second kappa shape index (κ2) is 8.32. The van der Waals surface area contributed by atoms with Crippen molar-refractivity contribution in [2.75, 3.05) is 25.5 Å². The van der Waals surface area contributed by atoms with Crippen molar-refractivity contribution >= 4 is 21.6 Å². The molecule has 28 heavy (non-hydrogen) atoms. The molecule has 0 saturated carbocycles. The summed E-state index contributed by atoms with van der Waals surface area (Å²) >= 11 is 0. The first kappa shape index (κ1) is 20.4. The van der Waals surface area contributed by atoms with E-state index in [4.69, 9.17) is 4.74 Å². The Kier molecular flexibility index (Phi) is 6.05. The van der Waals surface area contributed by atoms with Crippen molar-refractivity contribution in [2.24, 2.45) is 0 Å². The molecular weight excluding hydrogens is 376 g/mol. The highest BCUT2D eigenvalue weighted by Gasteiger charge is 2.28. The third kappa shape index (κ3) is 3.91. The molecule has 1 N–H and O–H groups in total. The average molecular weight is 403 g/mol. The van der Waals surface area contributed by atoms with Crippen LogP contribution in [0.2, 0.25) is 0 Å². The molecule has 0 unspecified atom stereocenters. The number of sulfonamides is 1. The molecule has 0 radical (unpaired) electrons. The summed E-state index contributed by atoms with van der Waals surface area (Å²) in [7, 11) is -2.15. The summed E-state index contributed by atoms with van der Waals surface area (Å²) in [6.07, 6.45) is 2.49. The van der Waals surface area contributed by atoms with Crippen LogP contribution in [0.3, 0.4) is 0 Å². The van der Waals surface area contributed by atoms with Gasteiger partial charge in [0.1, 0.15) is 5.75 Å². The monoisotopic (exact) mass is 402 g/mol. The van der Waals surface area contributed by atoms with Gasteiger partial charge in [0, 0.05) is 18.8 Å². The van der Waals surface area contributed by atoms with Gasteiger partial charge in [0.15, 0.2) is 0 Å². The summed E-state index contributed by atoms with van der Waals surface area (Å²) in [4.78, 5) is 13.1. The fourth-order valence-electron chi connectivity index (χ4n) is 3.49. The molecule has 0 bridgehead atoms. The van der Waals surface area contributed by atoms with Gasteiger partial charge in [-0.15, -0.1) is 0 Å². The van der Waals surface area contributed by atoms with Gasteiger partial charge < -0.3 is 10.1 Å². The minimum absolute atomic E-state index is 0.112. The molecule has 150 valence electrons. The van der Waals surface area contributed by atoms with Gasteiger partial charge in [-0.3, -0.25) is 4.79 Å². The molecule has 0 spiro atoms. The van der Waals surface area contributed by atoms with E-state index in [1.807, 2.05) is 32.0 Å². The number of carbonyl (C=O) groups excluding carboxylic acids is 1. The SMILES string of the molecule is CCc1cccc(C)c1NC(=O)c1cc(S(=O)(=O)N2CCCC2)ccc1OC. The van der Waals surface area contributed by atoms with Crippen molar-refractivity contribution in [1.29, 1.82) is 0 Å². The van der Waals surface area contributed by atoms with E-state index < -0.39 is 10.0 Å². The number of aryl methyl sites for hydroxylation is 2. The number of hydrogen-bond donors (Lipinski definition) is 1. The first-order chi connectivity index (χ1) is 13.4. The van der Waals surface area contributed by atoms with Crippen LogP contribution in [0.5, 0.6) is 5.75 Å². The summed E-state index contributed by atoms with van der Waals surface area (Å²) < 4.78 is 32.5. The fourth-order valence-corrected chi connectivity index (χ4v) is 5.03. The maximum atomic E-state index is 13.0. The van der Waals surface area contributed by atoms with Gasteiger partial charge in [0.2, 0.25) is 10.0 Å². The minimum atomic E-state index is -3.62. The van der Waals surface area contributed by atoms with Gasteiger partial charge in [-0.05, 0) is 55.5 Å². The largest absolute Gasteiger partial charge is 0.496 e. The van der Waals surface area contributed by atoms with Gasteiger partial charge in [-0.2, -0.15) is 4.31 Å². The maximum absolute atomic E-state index is 13.0. The van der Waals surface area contributed by atoms with Crippen LogP contribution in [-0.2, 0) is 16.4 Å². The number of amides is 1. The number of carbonyl (C=O) groups is 1. The Bertz CT molecular complexity index is 980. The molecule has 7 heteroatoms. The number of nitrogens with zero attached hydrogens (tertiary/aromatic N) is 1. The maximum Gasteiger partial charge on any atom is 0.259 e. The number of benzene rings is 2. The lowest BCUT2D eigenvalue weighted by atomic mass is 10.1. The van der Waals surface area contributed by atoms with Crippen LogP contribution in [0, 0.1) is 6.92 Å². The summed E-state index contributed by atoms with van der Waals surface area (Å²) in [5.74, 6) is -0.0520. The topological polar surface area (TPSA) is 75.7 Å². The number of methoxy groups -OCH3 is 1. The lowest BCUT2D eigenvalue weighted by Gasteiger charge is -2.18. The predicted molar refractivity (Wildman–Crippen MR) is 109 cm³/mol.